The number of allylic oxidation sites excluding steroid dienone is 3. The molecule has 0 amide bonds. The van der Waals surface area contributed by atoms with E-state index in [2.05, 4.69) is 9.97 Å². The Morgan fingerprint density at radius 1 is 1.22 bits per heavy atom. The van der Waals surface area contributed by atoms with Crippen LogP contribution in [0.4, 0.5) is 13.2 Å². The van der Waals surface area contributed by atoms with Crippen LogP contribution in [0.3, 0.4) is 0 Å². The molecule has 0 aromatic carbocycles. The van der Waals surface area contributed by atoms with Gasteiger partial charge in [-0.1, -0.05) is 6.08 Å². The van der Waals surface area contributed by atoms with Gasteiger partial charge in [0.15, 0.2) is 5.69 Å². The zero-order valence-electron chi connectivity index (χ0n) is 9.66. The summed E-state index contributed by atoms with van der Waals surface area (Å²) in [6.07, 6.45) is 2.64. The summed E-state index contributed by atoms with van der Waals surface area (Å²) in [7, 11) is 0. The van der Waals surface area contributed by atoms with E-state index in [-0.39, 0.29) is 11.7 Å². The summed E-state index contributed by atoms with van der Waals surface area (Å²) in [6.45, 7) is 1.40. The minimum atomic E-state index is -4.50. The fraction of sp³-hybridized carbons (Fsp3) is 0.333. The smallest absolute Gasteiger partial charge is 0.433 e. The highest BCUT2D eigenvalue weighted by atomic mass is 19.4. The molecule has 18 heavy (non-hydrogen) atoms. The van der Waals surface area contributed by atoms with Gasteiger partial charge in [0.05, 0.1) is 0 Å². The first-order chi connectivity index (χ1) is 8.45. The third-order valence-corrected chi connectivity index (χ3v) is 2.29. The first-order valence-electron chi connectivity index (χ1n) is 5.42. The monoisotopic (exact) mass is 256 g/mol. The Morgan fingerprint density at radius 3 is 2.61 bits per heavy atom. The van der Waals surface area contributed by atoms with Crippen LogP contribution in [0.15, 0.2) is 30.1 Å². The quantitative estimate of drug-likeness (QED) is 0.813. The van der Waals surface area contributed by atoms with E-state index in [1.807, 2.05) is 12.2 Å². The molecule has 0 aliphatic heterocycles. The van der Waals surface area contributed by atoms with Crippen LogP contribution in [-0.4, -0.2) is 9.97 Å². The summed E-state index contributed by atoms with van der Waals surface area (Å²) < 4.78 is 43.0. The van der Waals surface area contributed by atoms with Crippen LogP contribution in [0, 0.1) is 6.92 Å². The first kappa shape index (κ1) is 12.6. The van der Waals surface area contributed by atoms with Crippen molar-refractivity contribution in [1.82, 2.24) is 9.97 Å². The number of halogens is 3. The van der Waals surface area contributed by atoms with Gasteiger partial charge in [0, 0.05) is 6.07 Å². The fourth-order valence-electron chi connectivity index (χ4n) is 1.52. The molecule has 0 bridgehead atoms. The maximum atomic E-state index is 12.6. The van der Waals surface area contributed by atoms with Crippen molar-refractivity contribution < 1.29 is 17.9 Å². The van der Waals surface area contributed by atoms with E-state index >= 15 is 0 Å². The number of nitrogens with zero attached hydrogens (tertiary/aromatic N) is 2. The molecule has 1 aliphatic rings. The highest BCUT2D eigenvalue weighted by Crippen LogP contribution is 2.29. The van der Waals surface area contributed by atoms with Crippen LogP contribution in [-0.2, 0) is 6.18 Å². The van der Waals surface area contributed by atoms with Crippen molar-refractivity contribution in [1.29, 1.82) is 0 Å². The van der Waals surface area contributed by atoms with Gasteiger partial charge in [-0.05, 0) is 31.9 Å². The van der Waals surface area contributed by atoms with Gasteiger partial charge in [0.2, 0.25) is 5.88 Å². The number of alkyl halides is 3. The van der Waals surface area contributed by atoms with Gasteiger partial charge in [-0.2, -0.15) is 18.2 Å². The molecular formula is C12H11F3N2O. The summed E-state index contributed by atoms with van der Waals surface area (Å²) in [4.78, 5) is 7.18. The van der Waals surface area contributed by atoms with Gasteiger partial charge >= 0.3 is 6.18 Å². The topological polar surface area (TPSA) is 35.0 Å². The van der Waals surface area contributed by atoms with Crippen LogP contribution in [0.2, 0.25) is 0 Å². The van der Waals surface area contributed by atoms with Crippen molar-refractivity contribution in [2.24, 2.45) is 0 Å². The van der Waals surface area contributed by atoms with Crippen molar-refractivity contribution in [2.45, 2.75) is 25.9 Å². The predicted molar refractivity (Wildman–Crippen MR) is 58.9 cm³/mol. The predicted octanol–water partition coefficient (Wildman–Crippen LogP) is 3.42. The van der Waals surface area contributed by atoms with Crippen LogP contribution in [0.5, 0.6) is 5.88 Å². The lowest BCUT2D eigenvalue weighted by atomic mass is 10.2. The van der Waals surface area contributed by atoms with Crippen molar-refractivity contribution in [3.05, 3.63) is 41.6 Å². The SMILES string of the molecule is Cc1nc(OC2=CCCC=C2)cc(C(F)(F)F)n1. The van der Waals surface area contributed by atoms with Gasteiger partial charge in [-0.25, -0.2) is 4.98 Å². The number of rotatable bonds is 2. The molecule has 1 aliphatic carbocycles. The summed E-state index contributed by atoms with van der Waals surface area (Å²) in [5.41, 5.74) is -0.995. The lowest BCUT2D eigenvalue weighted by Crippen LogP contribution is -2.11. The molecule has 0 saturated carbocycles. The van der Waals surface area contributed by atoms with Gasteiger partial charge in [-0.3, -0.25) is 0 Å². The number of hydrogen-bond donors (Lipinski definition) is 0. The third kappa shape index (κ3) is 3.09. The molecule has 1 aromatic heterocycles. The number of hydrogen-bond acceptors (Lipinski definition) is 3. The van der Waals surface area contributed by atoms with Gasteiger partial charge < -0.3 is 4.74 Å². The summed E-state index contributed by atoms with van der Waals surface area (Å²) >= 11 is 0. The maximum Gasteiger partial charge on any atom is 0.433 e. The summed E-state index contributed by atoms with van der Waals surface area (Å²) in [5, 5.41) is 0. The standard InChI is InChI=1S/C12H11F3N2O/c1-8-16-10(12(13,14)15)7-11(17-8)18-9-5-3-2-4-6-9/h3,5-7H,2,4H2,1H3. The lowest BCUT2D eigenvalue weighted by molar-refractivity contribution is -0.141. The van der Waals surface area contributed by atoms with Crippen molar-refractivity contribution in [2.75, 3.05) is 0 Å². The average molecular weight is 256 g/mol. The van der Waals surface area contributed by atoms with E-state index < -0.39 is 11.9 Å². The minimum Gasteiger partial charge on any atom is -0.439 e. The Kier molecular flexibility index (Phi) is 3.36. The van der Waals surface area contributed by atoms with Gasteiger partial charge in [0.1, 0.15) is 11.6 Å². The average Bonchev–Trinajstić information content (AvgIpc) is 2.28. The molecular weight excluding hydrogens is 245 g/mol. The molecule has 2 rings (SSSR count). The second kappa shape index (κ2) is 4.80. The summed E-state index contributed by atoms with van der Waals surface area (Å²) in [5.74, 6) is 0.445. The van der Waals surface area contributed by atoms with E-state index in [0.717, 1.165) is 18.9 Å². The highest BCUT2D eigenvalue weighted by Gasteiger charge is 2.33. The van der Waals surface area contributed by atoms with Crippen LogP contribution in [0.25, 0.3) is 0 Å². The van der Waals surface area contributed by atoms with Crippen molar-refractivity contribution >= 4 is 0 Å². The molecule has 0 spiro atoms. The number of aromatic nitrogens is 2. The molecule has 0 unspecified atom stereocenters. The third-order valence-electron chi connectivity index (χ3n) is 2.29. The van der Waals surface area contributed by atoms with Gasteiger partial charge in [0.25, 0.3) is 0 Å². The van der Waals surface area contributed by atoms with E-state index in [1.165, 1.54) is 6.92 Å². The van der Waals surface area contributed by atoms with E-state index in [1.54, 1.807) is 6.08 Å². The second-order valence-corrected chi connectivity index (χ2v) is 3.82. The van der Waals surface area contributed by atoms with Crippen molar-refractivity contribution in [3.63, 3.8) is 0 Å². The number of ether oxygens (including phenoxy) is 1. The first-order valence-corrected chi connectivity index (χ1v) is 5.42. The molecule has 0 saturated heterocycles. The molecule has 0 radical (unpaired) electrons. The highest BCUT2D eigenvalue weighted by molar-refractivity contribution is 5.25. The lowest BCUT2D eigenvalue weighted by Gasteiger charge is -2.11. The number of aryl methyl sites for hydroxylation is 1. The van der Waals surface area contributed by atoms with Crippen molar-refractivity contribution in [3.8, 4) is 5.88 Å². The molecule has 0 atom stereocenters. The minimum absolute atomic E-state index is 0.0280. The van der Waals surface area contributed by atoms with E-state index in [9.17, 15) is 13.2 Å². The second-order valence-electron chi connectivity index (χ2n) is 3.82. The Morgan fingerprint density at radius 2 is 2.00 bits per heavy atom. The zero-order valence-corrected chi connectivity index (χ0v) is 9.66. The zero-order chi connectivity index (χ0) is 13.2. The van der Waals surface area contributed by atoms with Gasteiger partial charge in [-0.15, -0.1) is 0 Å². The molecule has 0 N–H and O–H groups in total. The van der Waals surface area contributed by atoms with E-state index in [0.29, 0.717) is 5.76 Å². The molecule has 0 fully saturated rings. The molecule has 96 valence electrons. The Bertz CT molecular complexity index is 507. The Labute approximate surface area is 102 Å². The van der Waals surface area contributed by atoms with Crippen LogP contribution < -0.4 is 4.74 Å². The Hall–Kier alpha value is -1.85. The Balaban J connectivity index is 2.26. The largest absolute Gasteiger partial charge is 0.439 e. The van der Waals surface area contributed by atoms with Crippen LogP contribution >= 0.6 is 0 Å². The maximum absolute atomic E-state index is 12.6. The molecule has 6 heteroatoms. The summed E-state index contributed by atoms with van der Waals surface area (Å²) in [6, 6.07) is 0.802. The normalized spacial score (nSPS) is 15.4. The molecule has 3 nitrogen and oxygen atoms in total. The fourth-order valence-corrected chi connectivity index (χ4v) is 1.52. The molecule has 1 heterocycles. The molecule has 1 aromatic rings. The van der Waals surface area contributed by atoms with E-state index in [4.69, 9.17) is 4.74 Å². The van der Waals surface area contributed by atoms with Crippen LogP contribution in [0.1, 0.15) is 24.4 Å².